The zero-order valence-corrected chi connectivity index (χ0v) is 13.5. The number of nitrogens with zero attached hydrogens (tertiary/aromatic N) is 4. The lowest BCUT2D eigenvalue weighted by atomic mass is 10.3. The van der Waals surface area contributed by atoms with Crippen molar-refractivity contribution in [2.45, 2.75) is 6.92 Å². The van der Waals surface area contributed by atoms with Gasteiger partial charge in [-0.15, -0.1) is 11.3 Å². The van der Waals surface area contributed by atoms with E-state index in [2.05, 4.69) is 10.1 Å². The molecule has 0 radical (unpaired) electrons. The second-order valence-corrected chi connectivity index (χ2v) is 6.60. The summed E-state index contributed by atoms with van der Waals surface area (Å²) in [6.45, 7) is 4.87. The highest BCUT2D eigenvalue weighted by atomic mass is 32.1. The van der Waals surface area contributed by atoms with E-state index in [1.807, 2.05) is 17.3 Å². The van der Waals surface area contributed by atoms with Crippen LogP contribution in [0, 0.1) is 10.1 Å². The molecule has 0 N–H and O–H groups in total. The second kappa shape index (κ2) is 6.51. The Kier molecular flexibility index (Phi) is 4.46. The van der Waals surface area contributed by atoms with E-state index >= 15 is 0 Å². The van der Waals surface area contributed by atoms with E-state index < -0.39 is 0 Å². The summed E-state index contributed by atoms with van der Waals surface area (Å²) in [5, 5.41) is 20.1. The first-order chi connectivity index (χ1) is 10.6. The summed E-state index contributed by atoms with van der Waals surface area (Å²) in [5.41, 5.74) is 1.65. The Morgan fingerprint density at radius 1 is 1.45 bits per heavy atom. The molecule has 1 fully saturated rings. The van der Waals surface area contributed by atoms with Gasteiger partial charge in [0.2, 0.25) is 0 Å². The molecule has 2 aromatic rings. The highest BCUT2D eigenvalue weighted by Gasteiger charge is 2.15. The van der Waals surface area contributed by atoms with Crippen molar-refractivity contribution in [1.82, 2.24) is 9.99 Å². The largest absolute Gasteiger partial charge is 0.378 e. The van der Waals surface area contributed by atoms with Crippen molar-refractivity contribution in [3.05, 3.63) is 33.3 Å². The zero-order valence-electron chi connectivity index (χ0n) is 11.9. The molecule has 7 nitrogen and oxygen atoms in total. The molecule has 3 rings (SSSR count). The zero-order chi connectivity index (χ0) is 15.5. The lowest BCUT2D eigenvalue weighted by Crippen LogP contribution is -2.33. The molecular weight excluding hydrogens is 324 g/mol. The lowest BCUT2D eigenvalue weighted by molar-refractivity contribution is -0.380. The summed E-state index contributed by atoms with van der Waals surface area (Å²) >= 11 is 2.61. The number of hydrogen-bond donors (Lipinski definition) is 0. The number of ether oxygens (including phenoxy) is 1. The van der Waals surface area contributed by atoms with Crippen LogP contribution in [0.25, 0.3) is 9.88 Å². The number of rotatable bonds is 4. The summed E-state index contributed by atoms with van der Waals surface area (Å²) in [4.78, 5) is 15.7. The quantitative estimate of drug-likeness (QED) is 0.486. The van der Waals surface area contributed by atoms with Crippen LogP contribution in [-0.4, -0.2) is 46.9 Å². The first-order valence-corrected chi connectivity index (χ1v) is 8.41. The summed E-state index contributed by atoms with van der Waals surface area (Å²) in [6.07, 6.45) is 0. The van der Waals surface area contributed by atoms with Gasteiger partial charge in [0.05, 0.1) is 47.5 Å². The van der Waals surface area contributed by atoms with Crippen LogP contribution >= 0.6 is 22.7 Å². The van der Waals surface area contributed by atoms with Crippen molar-refractivity contribution >= 4 is 33.4 Å². The summed E-state index contributed by atoms with van der Waals surface area (Å²) in [7, 11) is 0. The third-order valence-electron chi connectivity index (χ3n) is 3.14. The average molecular weight is 338 g/mol. The number of hydrazone groups is 1. The summed E-state index contributed by atoms with van der Waals surface area (Å²) in [6, 6.07) is 3.25. The highest BCUT2D eigenvalue weighted by molar-refractivity contribution is 7.23. The maximum atomic E-state index is 10.7. The van der Waals surface area contributed by atoms with Crippen molar-refractivity contribution in [3.8, 4) is 9.88 Å². The first kappa shape index (κ1) is 15.1. The van der Waals surface area contributed by atoms with Gasteiger partial charge < -0.3 is 4.74 Å². The summed E-state index contributed by atoms with van der Waals surface area (Å²) < 4.78 is 5.29. The van der Waals surface area contributed by atoms with Crippen LogP contribution in [0.4, 0.5) is 5.00 Å². The number of aromatic nitrogens is 1. The third kappa shape index (κ3) is 3.32. The first-order valence-electron chi connectivity index (χ1n) is 6.72. The molecule has 0 saturated carbocycles. The standard InChI is InChI=1S/C13H14N4O3S2/c1-9(15-16-4-6-20-7-5-16)10-8-21-13(14-10)11-2-3-12(22-11)17(18)19/h2-3,8H,4-7H2,1H3/b15-9+. The number of nitro groups is 1. The topological polar surface area (TPSA) is 80.9 Å². The van der Waals surface area contributed by atoms with Gasteiger partial charge in [0.1, 0.15) is 5.01 Å². The molecule has 1 aliphatic heterocycles. The molecule has 1 aliphatic rings. The van der Waals surface area contributed by atoms with Gasteiger partial charge in [-0.05, 0) is 13.0 Å². The molecule has 0 aromatic carbocycles. The van der Waals surface area contributed by atoms with E-state index in [0.717, 1.165) is 45.7 Å². The Morgan fingerprint density at radius 2 is 2.23 bits per heavy atom. The normalized spacial score (nSPS) is 16.0. The number of morpholine rings is 1. The van der Waals surface area contributed by atoms with Gasteiger partial charge in [-0.1, -0.05) is 11.3 Å². The Labute approximate surface area is 135 Å². The van der Waals surface area contributed by atoms with E-state index in [1.165, 1.54) is 17.4 Å². The predicted octanol–water partition coefficient (Wildman–Crippen LogP) is 2.84. The maximum Gasteiger partial charge on any atom is 0.324 e. The van der Waals surface area contributed by atoms with Crippen LogP contribution in [-0.2, 0) is 4.74 Å². The summed E-state index contributed by atoms with van der Waals surface area (Å²) in [5.74, 6) is 0. The Hall–Kier alpha value is -1.84. The molecule has 3 heterocycles. The van der Waals surface area contributed by atoms with Gasteiger partial charge in [-0.25, -0.2) is 4.98 Å². The predicted molar refractivity (Wildman–Crippen MR) is 86.7 cm³/mol. The van der Waals surface area contributed by atoms with E-state index in [9.17, 15) is 10.1 Å². The van der Waals surface area contributed by atoms with Crippen LogP contribution < -0.4 is 0 Å². The van der Waals surface area contributed by atoms with Crippen molar-refractivity contribution in [1.29, 1.82) is 0 Å². The van der Waals surface area contributed by atoms with Gasteiger partial charge in [0, 0.05) is 11.4 Å². The third-order valence-corrected chi connectivity index (χ3v) is 5.18. The smallest absolute Gasteiger partial charge is 0.324 e. The van der Waals surface area contributed by atoms with Crippen LogP contribution in [0.5, 0.6) is 0 Å². The minimum absolute atomic E-state index is 0.130. The Bertz CT molecular complexity index is 704. The van der Waals surface area contributed by atoms with Crippen molar-refractivity contribution < 1.29 is 9.66 Å². The molecule has 0 unspecified atom stereocenters. The van der Waals surface area contributed by atoms with Gasteiger partial charge in [-0.3, -0.25) is 15.1 Å². The minimum atomic E-state index is -0.381. The molecular formula is C13H14N4O3S2. The fraction of sp³-hybridized carbons (Fsp3) is 0.385. The molecule has 2 aromatic heterocycles. The van der Waals surface area contributed by atoms with Crippen LogP contribution in [0.3, 0.4) is 0 Å². The van der Waals surface area contributed by atoms with Gasteiger partial charge >= 0.3 is 5.00 Å². The number of hydrogen-bond acceptors (Lipinski definition) is 8. The molecule has 0 bridgehead atoms. The van der Waals surface area contributed by atoms with Crippen LogP contribution in [0.1, 0.15) is 12.6 Å². The molecule has 0 spiro atoms. The van der Waals surface area contributed by atoms with E-state index in [1.54, 1.807) is 6.07 Å². The van der Waals surface area contributed by atoms with E-state index in [0.29, 0.717) is 13.2 Å². The van der Waals surface area contributed by atoms with E-state index in [4.69, 9.17) is 4.74 Å². The number of thiazole rings is 1. The molecule has 116 valence electrons. The monoisotopic (exact) mass is 338 g/mol. The lowest BCUT2D eigenvalue weighted by Gasteiger charge is -2.24. The molecule has 0 atom stereocenters. The highest BCUT2D eigenvalue weighted by Crippen LogP contribution is 2.34. The fourth-order valence-corrected chi connectivity index (χ4v) is 3.77. The van der Waals surface area contributed by atoms with Crippen molar-refractivity contribution in [2.24, 2.45) is 5.10 Å². The number of thiophene rings is 1. The fourth-order valence-electron chi connectivity index (χ4n) is 2.01. The minimum Gasteiger partial charge on any atom is -0.378 e. The maximum absolute atomic E-state index is 10.7. The molecule has 9 heteroatoms. The van der Waals surface area contributed by atoms with Crippen LogP contribution in [0.15, 0.2) is 22.6 Å². The van der Waals surface area contributed by atoms with Gasteiger partial charge in [-0.2, -0.15) is 5.10 Å². The SMILES string of the molecule is C/C(=N\N1CCOCC1)c1csc(-c2ccc([N+](=O)[O-])s2)n1. The van der Waals surface area contributed by atoms with Gasteiger partial charge in [0.15, 0.2) is 0 Å². The second-order valence-electron chi connectivity index (χ2n) is 4.68. The van der Waals surface area contributed by atoms with Crippen LogP contribution in [0.2, 0.25) is 0 Å². The Morgan fingerprint density at radius 3 is 2.91 bits per heavy atom. The molecule has 0 amide bonds. The average Bonchev–Trinajstić information content (AvgIpc) is 3.17. The Balaban J connectivity index is 1.77. The molecule has 0 aliphatic carbocycles. The molecule has 1 saturated heterocycles. The van der Waals surface area contributed by atoms with Gasteiger partial charge in [0.25, 0.3) is 0 Å². The molecule has 22 heavy (non-hydrogen) atoms. The van der Waals surface area contributed by atoms with Crippen molar-refractivity contribution in [3.63, 3.8) is 0 Å². The van der Waals surface area contributed by atoms with Crippen molar-refractivity contribution in [2.75, 3.05) is 26.3 Å². The van der Waals surface area contributed by atoms with E-state index in [-0.39, 0.29) is 9.92 Å².